The molecule has 2 aromatic rings. The van der Waals surface area contributed by atoms with Gasteiger partial charge in [-0.1, -0.05) is 23.2 Å². The first-order chi connectivity index (χ1) is 10.8. The lowest BCUT2D eigenvalue weighted by Gasteiger charge is -2.12. The number of carbonyl (C=O) groups is 1. The van der Waals surface area contributed by atoms with Gasteiger partial charge in [-0.25, -0.2) is 0 Å². The summed E-state index contributed by atoms with van der Waals surface area (Å²) in [4.78, 5) is 12.0. The summed E-state index contributed by atoms with van der Waals surface area (Å²) < 4.78 is 5.51. The van der Waals surface area contributed by atoms with Gasteiger partial charge in [0, 0.05) is 10.0 Å². The van der Waals surface area contributed by atoms with Crippen LogP contribution in [0.2, 0.25) is 10.0 Å². The van der Waals surface area contributed by atoms with E-state index < -0.39 is 0 Å². The van der Waals surface area contributed by atoms with Crippen molar-refractivity contribution in [2.45, 2.75) is 20.8 Å². The summed E-state index contributed by atoms with van der Waals surface area (Å²) in [5.74, 6) is 0.274. The van der Waals surface area contributed by atoms with E-state index in [1.54, 1.807) is 24.3 Å². The van der Waals surface area contributed by atoms with Gasteiger partial charge < -0.3 is 15.8 Å². The predicted molar refractivity (Wildman–Crippen MR) is 95.7 cm³/mol. The number of carbonyl (C=O) groups excluding carboxylic acids is 1. The Hall–Kier alpha value is -1.91. The van der Waals surface area contributed by atoms with Crippen LogP contribution in [-0.4, -0.2) is 12.5 Å². The average Bonchev–Trinajstić information content (AvgIpc) is 2.48. The first-order valence-corrected chi connectivity index (χ1v) is 7.78. The zero-order valence-corrected chi connectivity index (χ0v) is 14.7. The second kappa shape index (κ2) is 7.11. The van der Waals surface area contributed by atoms with Crippen LogP contribution in [0.4, 0.5) is 11.4 Å². The highest BCUT2D eigenvalue weighted by Gasteiger charge is 2.10. The van der Waals surface area contributed by atoms with Crippen LogP contribution in [0, 0.1) is 20.8 Å². The second-order valence-electron chi connectivity index (χ2n) is 5.40. The number of halogens is 2. The number of hydrogen-bond donors (Lipinski definition) is 2. The maximum Gasteiger partial charge on any atom is 0.262 e. The van der Waals surface area contributed by atoms with Gasteiger partial charge in [0.15, 0.2) is 6.61 Å². The van der Waals surface area contributed by atoms with Crippen molar-refractivity contribution < 1.29 is 9.53 Å². The summed E-state index contributed by atoms with van der Waals surface area (Å²) in [7, 11) is 0. The fourth-order valence-corrected chi connectivity index (χ4v) is 2.41. The number of benzene rings is 2. The molecule has 0 spiro atoms. The normalized spacial score (nSPS) is 10.5. The van der Waals surface area contributed by atoms with Crippen LogP contribution in [-0.2, 0) is 4.79 Å². The van der Waals surface area contributed by atoms with Crippen molar-refractivity contribution in [1.29, 1.82) is 0 Å². The molecule has 0 bridgehead atoms. The molecule has 0 aliphatic heterocycles. The number of anilines is 2. The monoisotopic (exact) mass is 352 g/mol. The van der Waals surface area contributed by atoms with E-state index in [2.05, 4.69) is 5.32 Å². The molecule has 2 rings (SSSR count). The Bertz CT molecular complexity index is 737. The Kier molecular flexibility index (Phi) is 5.39. The highest BCUT2D eigenvalue weighted by molar-refractivity contribution is 6.32. The number of nitrogens with one attached hydrogen (secondary N) is 1. The van der Waals surface area contributed by atoms with E-state index in [-0.39, 0.29) is 12.5 Å². The second-order valence-corrected chi connectivity index (χ2v) is 6.18. The van der Waals surface area contributed by atoms with Gasteiger partial charge in [0.25, 0.3) is 5.91 Å². The Morgan fingerprint density at radius 2 is 1.70 bits per heavy atom. The Morgan fingerprint density at radius 1 is 1.09 bits per heavy atom. The predicted octanol–water partition coefficient (Wildman–Crippen LogP) is 4.52. The van der Waals surface area contributed by atoms with Crippen LogP contribution >= 0.6 is 23.2 Å². The highest BCUT2D eigenvalue weighted by atomic mass is 35.5. The minimum Gasteiger partial charge on any atom is -0.484 e. The molecule has 3 N–H and O–H groups in total. The van der Waals surface area contributed by atoms with E-state index in [1.807, 2.05) is 20.8 Å². The maximum atomic E-state index is 12.0. The third-order valence-corrected chi connectivity index (χ3v) is 4.39. The van der Waals surface area contributed by atoms with Crippen molar-refractivity contribution in [3.8, 4) is 5.75 Å². The summed E-state index contributed by atoms with van der Waals surface area (Å²) in [6.07, 6.45) is 0. The quantitative estimate of drug-likeness (QED) is 0.795. The number of amides is 1. The minimum absolute atomic E-state index is 0.133. The Morgan fingerprint density at radius 3 is 2.30 bits per heavy atom. The molecule has 0 unspecified atom stereocenters. The third-order valence-electron chi connectivity index (χ3n) is 3.38. The summed E-state index contributed by atoms with van der Waals surface area (Å²) in [5, 5.41) is 3.93. The average molecular weight is 353 g/mol. The molecule has 122 valence electrons. The molecule has 2 aromatic carbocycles. The van der Waals surface area contributed by atoms with Crippen molar-refractivity contribution >= 4 is 40.5 Å². The smallest absolute Gasteiger partial charge is 0.262 e. The fourth-order valence-electron chi connectivity index (χ4n) is 2.14. The Balaban J connectivity index is 2.02. The molecule has 0 heterocycles. The summed E-state index contributed by atoms with van der Waals surface area (Å²) in [6.45, 7) is 5.48. The Labute approximate surface area is 145 Å². The zero-order valence-electron chi connectivity index (χ0n) is 13.2. The lowest BCUT2D eigenvalue weighted by atomic mass is 10.1. The molecule has 0 aromatic heterocycles. The number of nitrogens with two attached hydrogens (primary N) is 1. The SMILES string of the molecule is Cc1cc(N)c(NC(=O)COc2cc(C)c(Cl)c(C)c2)cc1Cl. The number of ether oxygens (including phenoxy) is 1. The zero-order chi connectivity index (χ0) is 17.1. The van der Waals surface area contributed by atoms with Crippen molar-refractivity contribution in [2.75, 3.05) is 17.7 Å². The molecule has 0 aliphatic carbocycles. The van der Waals surface area contributed by atoms with Gasteiger partial charge in [0.2, 0.25) is 0 Å². The van der Waals surface area contributed by atoms with Gasteiger partial charge in [0.1, 0.15) is 5.75 Å². The van der Waals surface area contributed by atoms with Crippen LogP contribution in [0.15, 0.2) is 24.3 Å². The first kappa shape index (κ1) is 17.4. The van der Waals surface area contributed by atoms with Crippen molar-refractivity contribution in [3.05, 3.63) is 51.0 Å². The molecule has 0 fully saturated rings. The summed E-state index contributed by atoms with van der Waals surface area (Å²) in [6, 6.07) is 6.92. The van der Waals surface area contributed by atoms with E-state index in [0.29, 0.717) is 27.2 Å². The first-order valence-electron chi connectivity index (χ1n) is 7.03. The molecule has 0 atom stereocenters. The third kappa shape index (κ3) is 4.30. The maximum absolute atomic E-state index is 12.0. The van der Waals surface area contributed by atoms with Gasteiger partial charge in [-0.3, -0.25) is 4.79 Å². The van der Waals surface area contributed by atoms with Crippen LogP contribution in [0.3, 0.4) is 0 Å². The summed E-state index contributed by atoms with van der Waals surface area (Å²) in [5.41, 5.74) is 9.45. The molecule has 0 saturated heterocycles. The van der Waals surface area contributed by atoms with Gasteiger partial charge >= 0.3 is 0 Å². The number of aryl methyl sites for hydroxylation is 3. The largest absolute Gasteiger partial charge is 0.484 e. The minimum atomic E-state index is -0.318. The standard InChI is InChI=1S/C17H18Cl2N2O2/c1-9-6-14(20)15(7-13(9)18)21-16(22)8-23-12-4-10(2)17(19)11(3)5-12/h4-7H,8,20H2,1-3H3,(H,21,22). The van der Waals surface area contributed by atoms with Crippen LogP contribution < -0.4 is 15.8 Å². The van der Waals surface area contributed by atoms with E-state index in [1.165, 1.54) is 0 Å². The van der Waals surface area contributed by atoms with E-state index >= 15 is 0 Å². The molecule has 4 nitrogen and oxygen atoms in total. The van der Waals surface area contributed by atoms with Gasteiger partial charge in [-0.05, 0) is 61.7 Å². The lowest BCUT2D eigenvalue weighted by Crippen LogP contribution is -2.21. The highest BCUT2D eigenvalue weighted by Crippen LogP contribution is 2.27. The lowest BCUT2D eigenvalue weighted by molar-refractivity contribution is -0.118. The molecule has 0 radical (unpaired) electrons. The van der Waals surface area contributed by atoms with E-state index in [0.717, 1.165) is 16.7 Å². The molecule has 0 aliphatic rings. The number of hydrogen-bond acceptors (Lipinski definition) is 3. The molecular weight excluding hydrogens is 335 g/mol. The topological polar surface area (TPSA) is 64.3 Å². The molecule has 6 heteroatoms. The van der Waals surface area contributed by atoms with Crippen LogP contribution in [0.5, 0.6) is 5.75 Å². The van der Waals surface area contributed by atoms with E-state index in [4.69, 9.17) is 33.7 Å². The van der Waals surface area contributed by atoms with Crippen molar-refractivity contribution in [1.82, 2.24) is 0 Å². The fraction of sp³-hybridized carbons (Fsp3) is 0.235. The van der Waals surface area contributed by atoms with Gasteiger partial charge in [-0.2, -0.15) is 0 Å². The van der Waals surface area contributed by atoms with Crippen LogP contribution in [0.1, 0.15) is 16.7 Å². The molecule has 1 amide bonds. The van der Waals surface area contributed by atoms with Crippen LogP contribution in [0.25, 0.3) is 0 Å². The number of nitrogen functional groups attached to an aromatic ring is 1. The van der Waals surface area contributed by atoms with Gasteiger partial charge in [-0.15, -0.1) is 0 Å². The molecule has 23 heavy (non-hydrogen) atoms. The summed E-state index contributed by atoms with van der Waals surface area (Å²) >= 11 is 12.1. The van der Waals surface area contributed by atoms with Crippen molar-refractivity contribution in [3.63, 3.8) is 0 Å². The van der Waals surface area contributed by atoms with Gasteiger partial charge in [0.05, 0.1) is 11.4 Å². The molecular formula is C17H18Cl2N2O2. The molecule has 0 saturated carbocycles. The van der Waals surface area contributed by atoms with Crippen molar-refractivity contribution in [2.24, 2.45) is 0 Å². The van der Waals surface area contributed by atoms with E-state index in [9.17, 15) is 4.79 Å². The number of rotatable bonds is 4.